The van der Waals surface area contributed by atoms with Gasteiger partial charge in [-0.3, -0.25) is 0 Å². The van der Waals surface area contributed by atoms with Crippen molar-refractivity contribution >= 4 is 22.8 Å². The van der Waals surface area contributed by atoms with Gasteiger partial charge in [0.05, 0.1) is 42.6 Å². The molecule has 0 bridgehead atoms. The van der Waals surface area contributed by atoms with E-state index in [4.69, 9.17) is 30.9 Å². The number of hydrogen-bond acceptors (Lipinski definition) is 5. The second-order valence-electron chi connectivity index (χ2n) is 8.97. The van der Waals surface area contributed by atoms with E-state index in [1.54, 1.807) is 14.2 Å². The summed E-state index contributed by atoms with van der Waals surface area (Å²) >= 11 is 6.71. The third-order valence-corrected chi connectivity index (χ3v) is 6.76. The fourth-order valence-electron chi connectivity index (χ4n) is 4.69. The van der Waals surface area contributed by atoms with E-state index in [1.165, 1.54) is 12.8 Å². The number of aryl methyl sites for hydroxylation is 1. The Morgan fingerprint density at radius 2 is 1.94 bits per heavy atom. The monoisotopic (exact) mass is 455 g/mol. The summed E-state index contributed by atoms with van der Waals surface area (Å²) in [6.45, 7) is 5.66. The van der Waals surface area contributed by atoms with Crippen LogP contribution in [-0.4, -0.2) is 50.1 Å². The van der Waals surface area contributed by atoms with Crippen LogP contribution in [0.25, 0.3) is 16.8 Å². The summed E-state index contributed by atoms with van der Waals surface area (Å²) in [4.78, 5) is 2.47. The van der Waals surface area contributed by atoms with Crippen molar-refractivity contribution in [2.45, 2.75) is 26.2 Å². The fourth-order valence-corrected chi connectivity index (χ4v) is 5.05. The number of methoxy groups -OCH3 is 2. The molecule has 1 aliphatic carbocycles. The zero-order valence-corrected chi connectivity index (χ0v) is 19.7. The van der Waals surface area contributed by atoms with Crippen molar-refractivity contribution in [2.24, 2.45) is 11.8 Å². The molecule has 1 aromatic carbocycles. The molecule has 0 radical (unpaired) electrons. The first kappa shape index (κ1) is 21.4. The summed E-state index contributed by atoms with van der Waals surface area (Å²) in [6, 6.07) is 10.1. The zero-order valence-electron chi connectivity index (χ0n) is 18.9. The molecule has 5 rings (SSSR count). The van der Waals surface area contributed by atoms with E-state index < -0.39 is 0 Å². The Morgan fingerprint density at radius 1 is 1.12 bits per heavy atom. The summed E-state index contributed by atoms with van der Waals surface area (Å²) in [5, 5.41) is 5.52. The molecule has 1 saturated carbocycles. The van der Waals surface area contributed by atoms with E-state index in [1.807, 2.05) is 29.6 Å². The van der Waals surface area contributed by atoms with E-state index in [-0.39, 0.29) is 0 Å². The quantitative estimate of drug-likeness (QED) is 0.465. The Bertz CT molecular complexity index is 1120. The van der Waals surface area contributed by atoms with E-state index in [2.05, 4.69) is 17.0 Å². The number of aromatic nitrogens is 2. The highest BCUT2D eigenvalue weighted by Gasteiger charge is 2.31. The van der Waals surface area contributed by atoms with Crippen LogP contribution in [-0.2, 0) is 4.74 Å². The Labute approximate surface area is 194 Å². The molecule has 2 aromatic heterocycles. The number of benzene rings is 1. The Morgan fingerprint density at radius 3 is 2.62 bits per heavy atom. The predicted octanol–water partition coefficient (Wildman–Crippen LogP) is 5.23. The van der Waals surface area contributed by atoms with Crippen molar-refractivity contribution in [2.75, 3.05) is 45.4 Å². The summed E-state index contributed by atoms with van der Waals surface area (Å²) in [6.07, 6.45) is 3.69. The molecule has 1 unspecified atom stereocenters. The highest BCUT2D eigenvalue weighted by atomic mass is 35.5. The number of anilines is 1. The summed E-state index contributed by atoms with van der Waals surface area (Å²) in [5.74, 6) is 2.64. The number of halogens is 1. The average Bonchev–Trinajstić information content (AvgIpc) is 3.29. The minimum absolute atomic E-state index is 0.531. The molecular formula is C25H30ClN3O3. The summed E-state index contributed by atoms with van der Waals surface area (Å²) in [7, 11) is 3.36. The highest BCUT2D eigenvalue weighted by molar-refractivity contribution is 6.33. The van der Waals surface area contributed by atoms with Gasteiger partial charge in [0.25, 0.3) is 5.88 Å². The van der Waals surface area contributed by atoms with Gasteiger partial charge in [0.1, 0.15) is 11.4 Å². The summed E-state index contributed by atoms with van der Waals surface area (Å²) < 4.78 is 19.1. The number of hydrogen-bond donors (Lipinski definition) is 0. The summed E-state index contributed by atoms with van der Waals surface area (Å²) in [5.41, 5.74) is 4.83. The minimum atomic E-state index is 0.531. The first-order valence-electron chi connectivity index (χ1n) is 11.3. The largest absolute Gasteiger partial charge is 0.496 e. The second-order valence-corrected chi connectivity index (χ2v) is 9.38. The Hall–Kier alpha value is -2.44. The third-order valence-electron chi connectivity index (χ3n) is 6.46. The van der Waals surface area contributed by atoms with Gasteiger partial charge in [-0.05, 0) is 61.9 Å². The van der Waals surface area contributed by atoms with Crippen molar-refractivity contribution in [3.05, 3.63) is 40.9 Å². The molecule has 6 nitrogen and oxygen atoms in total. The van der Waals surface area contributed by atoms with E-state index >= 15 is 0 Å². The van der Waals surface area contributed by atoms with Crippen LogP contribution in [0.4, 0.5) is 5.69 Å². The molecule has 0 spiro atoms. The van der Waals surface area contributed by atoms with Crippen LogP contribution in [0.5, 0.6) is 11.6 Å². The normalized spacial score (nSPS) is 18.3. The van der Waals surface area contributed by atoms with Crippen molar-refractivity contribution in [1.29, 1.82) is 0 Å². The maximum absolute atomic E-state index is 6.71. The van der Waals surface area contributed by atoms with E-state index in [9.17, 15) is 0 Å². The van der Waals surface area contributed by atoms with Crippen LogP contribution in [0, 0.1) is 18.8 Å². The standard InChI is InChI=1S/C25H30ClN3O3/c1-16-11-19(26)23(22(12-16)30-2)20-5-4-6-21-24(25(31-3)27-29(20)21)28(13-17-7-8-17)14-18-9-10-32-15-18/h4-6,11-12,17-18H,7-10,13-15H2,1-3H3. The Kier molecular flexibility index (Phi) is 5.91. The van der Waals surface area contributed by atoms with Gasteiger partial charge >= 0.3 is 0 Å². The van der Waals surface area contributed by atoms with Gasteiger partial charge in [0, 0.05) is 25.6 Å². The number of pyridine rings is 1. The first-order valence-corrected chi connectivity index (χ1v) is 11.7. The Balaban J connectivity index is 1.65. The molecule has 0 amide bonds. The average molecular weight is 456 g/mol. The van der Waals surface area contributed by atoms with Crippen molar-refractivity contribution in [1.82, 2.24) is 9.61 Å². The van der Waals surface area contributed by atoms with Crippen LogP contribution in [0.2, 0.25) is 5.02 Å². The SMILES string of the molecule is COc1cc(C)cc(Cl)c1-c1cccc2c(N(CC3CC3)CC3CCOC3)c(OC)nn12. The molecule has 2 aliphatic rings. The van der Waals surface area contributed by atoms with Crippen LogP contribution in [0.1, 0.15) is 24.8 Å². The van der Waals surface area contributed by atoms with Crippen molar-refractivity contribution in [3.63, 3.8) is 0 Å². The molecular weight excluding hydrogens is 426 g/mol. The topological polar surface area (TPSA) is 48.2 Å². The molecule has 1 atom stereocenters. The first-order chi connectivity index (χ1) is 15.6. The molecule has 32 heavy (non-hydrogen) atoms. The smallest absolute Gasteiger partial charge is 0.257 e. The molecule has 0 N–H and O–H groups in total. The molecule has 3 aromatic rings. The van der Waals surface area contributed by atoms with Gasteiger partial charge in [-0.1, -0.05) is 17.7 Å². The lowest BCUT2D eigenvalue weighted by molar-refractivity contribution is 0.186. The lowest BCUT2D eigenvalue weighted by atomic mass is 10.1. The van der Waals surface area contributed by atoms with E-state index in [0.29, 0.717) is 16.8 Å². The maximum Gasteiger partial charge on any atom is 0.257 e. The molecule has 7 heteroatoms. The van der Waals surface area contributed by atoms with Crippen molar-refractivity contribution in [3.8, 4) is 22.9 Å². The van der Waals surface area contributed by atoms with Crippen molar-refractivity contribution < 1.29 is 14.2 Å². The van der Waals surface area contributed by atoms with Gasteiger partial charge < -0.3 is 19.1 Å². The maximum atomic E-state index is 6.71. The number of fused-ring (bicyclic) bond motifs is 1. The predicted molar refractivity (Wildman–Crippen MR) is 127 cm³/mol. The third kappa shape index (κ3) is 4.02. The molecule has 1 saturated heterocycles. The van der Waals surface area contributed by atoms with Crippen LogP contribution in [0.15, 0.2) is 30.3 Å². The number of rotatable bonds is 8. The van der Waals surface area contributed by atoms with Gasteiger partial charge in [0.2, 0.25) is 0 Å². The minimum Gasteiger partial charge on any atom is -0.496 e. The zero-order chi connectivity index (χ0) is 22.2. The lowest BCUT2D eigenvalue weighted by Crippen LogP contribution is -2.32. The number of ether oxygens (including phenoxy) is 3. The highest BCUT2D eigenvalue weighted by Crippen LogP contribution is 2.42. The van der Waals surface area contributed by atoms with Crippen LogP contribution in [0.3, 0.4) is 0 Å². The molecule has 1 aliphatic heterocycles. The van der Waals surface area contributed by atoms with Crippen LogP contribution >= 0.6 is 11.6 Å². The lowest BCUT2D eigenvalue weighted by Gasteiger charge is -2.27. The van der Waals surface area contributed by atoms with Gasteiger partial charge in [0.15, 0.2) is 0 Å². The molecule has 3 heterocycles. The van der Waals surface area contributed by atoms with Gasteiger partial charge in [-0.25, -0.2) is 4.52 Å². The van der Waals surface area contributed by atoms with Gasteiger partial charge in [-0.15, -0.1) is 5.10 Å². The second kappa shape index (κ2) is 8.83. The van der Waals surface area contributed by atoms with Gasteiger partial charge in [-0.2, -0.15) is 0 Å². The van der Waals surface area contributed by atoms with E-state index in [0.717, 1.165) is 72.4 Å². The fraction of sp³-hybridized carbons (Fsp3) is 0.480. The number of nitrogens with zero attached hydrogens (tertiary/aromatic N) is 3. The van der Waals surface area contributed by atoms with Crippen LogP contribution < -0.4 is 14.4 Å². The molecule has 2 fully saturated rings. The molecule has 170 valence electrons.